The molecular formula is C16H15NOS. The Bertz CT molecular complexity index is 616. The molecule has 2 aromatic carbocycles. The van der Waals surface area contributed by atoms with E-state index >= 15 is 0 Å². The minimum atomic E-state index is 0.598. The highest BCUT2D eigenvalue weighted by atomic mass is 32.2. The molecular weight excluding hydrogens is 254 g/mol. The number of hydrogen-bond donors (Lipinski definition) is 0. The molecule has 0 aliphatic rings. The second kappa shape index (κ2) is 6.31. The van der Waals surface area contributed by atoms with Crippen LogP contribution >= 0.6 is 11.8 Å². The third kappa shape index (κ3) is 2.91. The zero-order chi connectivity index (χ0) is 13.7. The Morgan fingerprint density at radius 3 is 2.53 bits per heavy atom. The van der Waals surface area contributed by atoms with Crippen molar-refractivity contribution in [3.05, 3.63) is 53.6 Å². The van der Waals surface area contributed by atoms with Gasteiger partial charge in [-0.3, -0.25) is 0 Å². The van der Waals surface area contributed by atoms with Crippen molar-refractivity contribution in [2.45, 2.75) is 18.2 Å². The van der Waals surface area contributed by atoms with Crippen molar-refractivity contribution in [2.24, 2.45) is 0 Å². The molecule has 0 aliphatic carbocycles. The Balaban J connectivity index is 2.41. The highest BCUT2D eigenvalue weighted by Gasteiger charge is 2.10. The molecule has 2 rings (SSSR count). The van der Waals surface area contributed by atoms with Gasteiger partial charge in [-0.15, -0.1) is 11.8 Å². The molecule has 0 saturated heterocycles. The van der Waals surface area contributed by atoms with E-state index in [1.165, 1.54) is 0 Å². The lowest BCUT2D eigenvalue weighted by Crippen LogP contribution is -1.93. The molecule has 96 valence electrons. The van der Waals surface area contributed by atoms with Gasteiger partial charge in [0.1, 0.15) is 23.1 Å². The van der Waals surface area contributed by atoms with E-state index in [1.807, 2.05) is 48.7 Å². The van der Waals surface area contributed by atoms with Gasteiger partial charge in [-0.2, -0.15) is 5.26 Å². The molecule has 3 heteroatoms. The maximum atomic E-state index is 9.29. The zero-order valence-corrected chi connectivity index (χ0v) is 11.8. The zero-order valence-electron chi connectivity index (χ0n) is 11.0. The highest BCUT2D eigenvalue weighted by molar-refractivity contribution is 7.98. The molecule has 0 fully saturated rings. The van der Waals surface area contributed by atoms with Crippen molar-refractivity contribution in [3.8, 4) is 17.6 Å². The fourth-order valence-electron chi connectivity index (χ4n) is 1.89. The standard InChI is InChI=1S/C16H15NOS/c1-3-12-7-4-5-8-14(12)18-15-9-6-10-16(19-2)13(15)11-17/h4-10H,3H2,1-2H3. The van der Waals surface area contributed by atoms with E-state index in [4.69, 9.17) is 4.74 Å². The van der Waals surface area contributed by atoms with Crippen molar-refractivity contribution in [1.29, 1.82) is 5.26 Å². The summed E-state index contributed by atoms with van der Waals surface area (Å²) in [4.78, 5) is 0.939. The minimum Gasteiger partial charge on any atom is -0.456 e. The summed E-state index contributed by atoms with van der Waals surface area (Å²) >= 11 is 1.55. The Kier molecular flexibility index (Phi) is 4.48. The number of nitrogens with zero attached hydrogens (tertiary/aromatic N) is 1. The van der Waals surface area contributed by atoms with E-state index in [2.05, 4.69) is 13.0 Å². The van der Waals surface area contributed by atoms with Crippen molar-refractivity contribution >= 4 is 11.8 Å². The number of ether oxygens (including phenoxy) is 1. The Morgan fingerprint density at radius 2 is 1.84 bits per heavy atom. The maximum absolute atomic E-state index is 9.29. The Morgan fingerprint density at radius 1 is 1.11 bits per heavy atom. The normalized spacial score (nSPS) is 9.95. The predicted molar refractivity (Wildman–Crippen MR) is 78.8 cm³/mol. The number of benzene rings is 2. The number of thioether (sulfide) groups is 1. The van der Waals surface area contributed by atoms with E-state index in [0.717, 1.165) is 22.6 Å². The largest absolute Gasteiger partial charge is 0.456 e. The van der Waals surface area contributed by atoms with E-state index in [-0.39, 0.29) is 0 Å². The van der Waals surface area contributed by atoms with E-state index < -0.39 is 0 Å². The summed E-state index contributed by atoms with van der Waals surface area (Å²) in [6.07, 6.45) is 2.86. The molecule has 0 radical (unpaired) electrons. The van der Waals surface area contributed by atoms with Crippen molar-refractivity contribution in [1.82, 2.24) is 0 Å². The minimum absolute atomic E-state index is 0.598. The van der Waals surface area contributed by atoms with E-state index in [0.29, 0.717) is 11.3 Å². The van der Waals surface area contributed by atoms with Crippen LogP contribution in [-0.4, -0.2) is 6.26 Å². The van der Waals surface area contributed by atoms with Crippen LogP contribution < -0.4 is 4.74 Å². The molecule has 0 amide bonds. The molecule has 0 aromatic heterocycles. The molecule has 0 N–H and O–H groups in total. The molecule has 0 saturated carbocycles. The van der Waals surface area contributed by atoms with Gasteiger partial charge in [-0.05, 0) is 36.4 Å². The molecule has 0 atom stereocenters. The third-order valence-corrected chi connectivity index (χ3v) is 3.67. The average molecular weight is 269 g/mol. The van der Waals surface area contributed by atoms with Crippen LogP contribution in [0.2, 0.25) is 0 Å². The van der Waals surface area contributed by atoms with Gasteiger partial charge in [0, 0.05) is 4.90 Å². The summed E-state index contributed by atoms with van der Waals surface area (Å²) in [5.74, 6) is 1.44. The molecule has 0 heterocycles. The second-order valence-corrected chi connectivity index (χ2v) is 4.86. The quantitative estimate of drug-likeness (QED) is 0.758. The summed E-state index contributed by atoms with van der Waals surface area (Å²) in [7, 11) is 0. The van der Waals surface area contributed by atoms with Gasteiger partial charge < -0.3 is 4.74 Å². The van der Waals surface area contributed by atoms with Crippen molar-refractivity contribution in [2.75, 3.05) is 6.26 Å². The van der Waals surface area contributed by atoms with Crippen LogP contribution in [0.5, 0.6) is 11.5 Å². The molecule has 0 unspecified atom stereocenters. The smallest absolute Gasteiger partial charge is 0.146 e. The maximum Gasteiger partial charge on any atom is 0.146 e. The van der Waals surface area contributed by atoms with Crippen LogP contribution in [-0.2, 0) is 6.42 Å². The Hall–Kier alpha value is -1.92. The number of aryl methyl sites for hydroxylation is 1. The first kappa shape index (κ1) is 13.5. The van der Waals surface area contributed by atoms with Crippen molar-refractivity contribution in [3.63, 3.8) is 0 Å². The summed E-state index contributed by atoms with van der Waals surface area (Å²) in [5.41, 5.74) is 1.74. The molecule has 0 aliphatic heterocycles. The van der Waals surface area contributed by atoms with Gasteiger partial charge in [0.15, 0.2) is 0 Å². The van der Waals surface area contributed by atoms with Crippen LogP contribution in [0.25, 0.3) is 0 Å². The second-order valence-electron chi connectivity index (χ2n) is 4.01. The lowest BCUT2D eigenvalue weighted by atomic mass is 10.1. The molecule has 2 nitrogen and oxygen atoms in total. The SMILES string of the molecule is CCc1ccccc1Oc1cccc(SC)c1C#N. The topological polar surface area (TPSA) is 33.0 Å². The summed E-state index contributed by atoms with van der Waals surface area (Å²) in [6.45, 7) is 2.09. The molecule has 2 aromatic rings. The highest BCUT2D eigenvalue weighted by Crippen LogP contribution is 2.32. The van der Waals surface area contributed by atoms with Gasteiger partial charge in [0.05, 0.1) is 0 Å². The van der Waals surface area contributed by atoms with Gasteiger partial charge >= 0.3 is 0 Å². The summed E-state index contributed by atoms with van der Waals surface area (Å²) < 4.78 is 5.93. The Labute approximate surface area is 118 Å². The first-order valence-corrected chi connectivity index (χ1v) is 7.35. The fraction of sp³-hybridized carbons (Fsp3) is 0.188. The fourth-order valence-corrected chi connectivity index (χ4v) is 2.46. The predicted octanol–water partition coefficient (Wildman–Crippen LogP) is 4.63. The van der Waals surface area contributed by atoms with Crippen LogP contribution in [0.15, 0.2) is 47.4 Å². The lowest BCUT2D eigenvalue weighted by Gasteiger charge is -2.12. The van der Waals surface area contributed by atoms with E-state index in [9.17, 15) is 5.26 Å². The first-order chi connectivity index (χ1) is 9.30. The van der Waals surface area contributed by atoms with Crippen LogP contribution in [0, 0.1) is 11.3 Å². The van der Waals surface area contributed by atoms with Crippen LogP contribution in [0.3, 0.4) is 0 Å². The number of nitriles is 1. The van der Waals surface area contributed by atoms with Crippen LogP contribution in [0.1, 0.15) is 18.1 Å². The molecule has 0 spiro atoms. The van der Waals surface area contributed by atoms with E-state index in [1.54, 1.807) is 11.8 Å². The number of para-hydroxylation sites is 1. The van der Waals surface area contributed by atoms with Gasteiger partial charge in [0.2, 0.25) is 0 Å². The monoisotopic (exact) mass is 269 g/mol. The third-order valence-electron chi connectivity index (χ3n) is 2.89. The van der Waals surface area contributed by atoms with Crippen LogP contribution in [0.4, 0.5) is 0 Å². The average Bonchev–Trinajstić information content (AvgIpc) is 2.47. The summed E-state index contributed by atoms with van der Waals surface area (Å²) in [5, 5.41) is 9.29. The van der Waals surface area contributed by atoms with Gasteiger partial charge in [0.25, 0.3) is 0 Å². The number of rotatable bonds is 4. The molecule has 19 heavy (non-hydrogen) atoms. The first-order valence-electron chi connectivity index (χ1n) is 6.13. The summed E-state index contributed by atoms with van der Waals surface area (Å²) in [6, 6.07) is 15.8. The van der Waals surface area contributed by atoms with Crippen molar-refractivity contribution < 1.29 is 4.74 Å². The lowest BCUT2D eigenvalue weighted by molar-refractivity contribution is 0.474. The molecule has 0 bridgehead atoms. The number of hydrogen-bond acceptors (Lipinski definition) is 3. The van der Waals surface area contributed by atoms with Gasteiger partial charge in [-0.1, -0.05) is 31.2 Å². The van der Waals surface area contributed by atoms with Gasteiger partial charge in [-0.25, -0.2) is 0 Å².